The zero-order chi connectivity index (χ0) is 12.8. The highest BCUT2D eigenvalue weighted by molar-refractivity contribution is 5.99. The quantitative estimate of drug-likeness (QED) is 0.487. The molecule has 0 spiro atoms. The lowest BCUT2D eigenvalue weighted by atomic mass is 10.2. The van der Waals surface area contributed by atoms with Crippen LogP contribution in [0.25, 0.3) is 33.7 Å². The van der Waals surface area contributed by atoms with E-state index in [9.17, 15) is 4.79 Å². The van der Waals surface area contributed by atoms with Crippen molar-refractivity contribution in [2.24, 2.45) is 0 Å². The first-order valence-corrected chi connectivity index (χ1v) is 5.69. The molecule has 1 aromatic carbocycles. The molecule has 0 fully saturated rings. The molecule has 3 aromatic heterocycles. The van der Waals surface area contributed by atoms with Gasteiger partial charge in [-0.15, -0.1) is 0 Å². The first-order chi connectivity index (χ1) is 9.33. The molecule has 0 unspecified atom stereocenters. The van der Waals surface area contributed by atoms with E-state index >= 15 is 0 Å². The highest BCUT2D eigenvalue weighted by Gasteiger charge is 2.16. The molecule has 0 aliphatic carbocycles. The third kappa shape index (κ3) is 1.41. The number of oxazole rings is 1. The summed E-state index contributed by atoms with van der Waals surface area (Å²) in [6.07, 6.45) is 1.52. The van der Waals surface area contributed by atoms with E-state index in [2.05, 4.69) is 4.98 Å². The largest absolute Gasteiger partial charge is 0.459 e. The van der Waals surface area contributed by atoms with Crippen LogP contribution in [0, 0.1) is 0 Å². The average Bonchev–Trinajstić information content (AvgIpc) is 3.08. The fraction of sp³-hybridized carbons (Fsp3) is 0. The van der Waals surface area contributed by atoms with E-state index in [1.807, 2.05) is 12.1 Å². The van der Waals surface area contributed by atoms with Crippen molar-refractivity contribution in [1.29, 1.82) is 0 Å². The third-order valence-electron chi connectivity index (χ3n) is 2.89. The van der Waals surface area contributed by atoms with Crippen molar-refractivity contribution < 1.29 is 13.3 Å². The second-order valence-electron chi connectivity index (χ2n) is 4.06. The van der Waals surface area contributed by atoms with Gasteiger partial charge in [-0.25, -0.2) is 4.79 Å². The van der Waals surface area contributed by atoms with Crippen molar-refractivity contribution in [3.8, 4) is 11.7 Å². The van der Waals surface area contributed by atoms with E-state index < -0.39 is 5.63 Å². The maximum atomic E-state index is 11.9. The molecule has 0 saturated heterocycles. The number of furan rings is 1. The maximum Gasteiger partial charge on any atom is 0.366 e. The predicted molar refractivity (Wildman–Crippen MR) is 67.8 cm³/mol. The molecule has 5 heteroatoms. The molecule has 4 aromatic rings. The first kappa shape index (κ1) is 10.1. The van der Waals surface area contributed by atoms with Crippen molar-refractivity contribution in [3.05, 3.63) is 53.1 Å². The van der Waals surface area contributed by atoms with Gasteiger partial charge >= 0.3 is 5.63 Å². The van der Waals surface area contributed by atoms with Crippen LogP contribution in [-0.4, -0.2) is 4.98 Å². The van der Waals surface area contributed by atoms with Crippen LogP contribution in [0.3, 0.4) is 0 Å². The Labute approximate surface area is 106 Å². The van der Waals surface area contributed by atoms with Crippen LogP contribution in [0.2, 0.25) is 0 Å². The molecule has 3 heterocycles. The number of fused-ring (bicyclic) bond motifs is 3. The molecule has 5 nitrogen and oxygen atoms in total. The first-order valence-electron chi connectivity index (χ1n) is 5.69. The minimum absolute atomic E-state index is 0.171. The van der Waals surface area contributed by atoms with Crippen LogP contribution in [0.4, 0.5) is 0 Å². The molecule has 0 amide bonds. The smallest absolute Gasteiger partial charge is 0.366 e. The van der Waals surface area contributed by atoms with Gasteiger partial charge in [-0.1, -0.05) is 12.1 Å². The van der Waals surface area contributed by atoms with Crippen molar-refractivity contribution in [2.75, 3.05) is 0 Å². The van der Waals surface area contributed by atoms with Gasteiger partial charge in [0, 0.05) is 0 Å². The molecular weight excluding hydrogens is 246 g/mol. The summed E-state index contributed by atoms with van der Waals surface area (Å²) < 4.78 is 16.1. The maximum absolute atomic E-state index is 11.9. The predicted octanol–water partition coefficient (Wildman–Crippen LogP) is 3.19. The summed E-state index contributed by atoms with van der Waals surface area (Å²) in [5.41, 5.74) is 0.542. The van der Waals surface area contributed by atoms with E-state index in [-0.39, 0.29) is 11.4 Å². The highest BCUT2D eigenvalue weighted by Crippen LogP contribution is 2.27. The van der Waals surface area contributed by atoms with Crippen LogP contribution in [0.1, 0.15) is 0 Å². The topological polar surface area (TPSA) is 69.4 Å². The van der Waals surface area contributed by atoms with E-state index in [0.717, 1.165) is 0 Å². The summed E-state index contributed by atoms with van der Waals surface area (Å²) >= 11 is 0. The van der Waals surface area contributed by atoms with Crippen LogP contribution >= 0.6 is 0 Å². The molecule has 92 valence electrons. The molecular formula is C14H7NO4. The van der Waals surface area contributed by atoms with Crippen LogP contribution < -0.4 is 5.63 Å². The second kappa shape index (κ2) is 3.58. The zero-order valence-electron chi connectivity index (χ0n) is 9.62. The van der Waals surface area contributed by atoms with E-state index in [4.69, 9.17) is 13.3 Å². The minimum Gasteiger partial charge on any atom is -0.459 e. The lowest BCUT2D eigenvalue weighted by Crippen LogP contribution is -1.98. The Bertz CT molecular complexity index is 931. The third-order valence-corrected chi connectivity index (χ3v) is 2.89. The number of hydrogen-bond donors (Lipinski definition) is 0. The summed E-state index contributed by atoms with van der Waals surface area (Å²) in [4.78, 5) is 16.0. The molecule has 19 heavy (non-hydrogen) atoms. The average molecular weight is 253 g/mol. The Morgan fingerprint density at radius 3 is 2.74 bits per heavy atom. The van der Waals surface area contributed by atoms with Gasteiger partial charge in [0.2, 0.25) is 0 Å². The van der Waals surface area contributed by atoms with E-state index in [0.29, 0.717) is 22.3 Å². The zero-order valence-corrected chi connectivity index (χ0v) is 9.62. The van der Waals surface area contributed by atoms with Crippen LogP contribution in [0.5, 0.6) is 0 Å². The van der Waals surface area contributed by atoms with Crippen molar-refractivity contribution in [2.45, 2.75) is 0 Å². The molecule has 4 rings (SSSR count). The molecule has 0 saturated carbocycles. The summed E-state index contributed by atoms with van der Waals surface area (Å²) in [7, 11) is 0. The van der Waals surface area contributed by atoms with Gasteiger partial charge in [-0.2, -0.15) is 4.98 Å². The van der Waals surface area contributed by atoms with Crippen molar-refractivity contribution >= 4 is 22.1 Å². The van der Waals surface area contributed by atoms with Crippen LogP contribution in [0.15, 0.2) is 60.7 Å². The normalized spacial score (nSPS) is 11.4. The summed E-state index contributed by atoms with van der Waals surface area (Å²) in [5.74, 6) is 0.739. The summed E-state index contributed by atoms with van der Waals surface area (Å²) in [5, 5.41) is 0.711. The lowest BCUT2D eigenvalue weighted by Gasteiger charge is -1.94. The molecule has 0 aliphatic rings. The minimum atomic E-state index is -0.518. The van der Waals surface area contributed by atoms with E-state index in [1.165, 1.54) is 6.26 Å². The number of aromatic nitrogens is 1. The number of rotatable bonds is 1. The van der Waals surface area contributed by atoms with Crippen molar-refractivity contribution in [1.82, 2.24) is 4.98 Å². The fourth-order valence-corrected chi connectivity index (χ4v) is 2.04. The van der Waals surface area contributed by atoms with Gasteiger partial charge in [0.15, 0.2) is 16.9 Å². The highest BCUT2D eigenvalue weighted by atomic mass is 16.4. The lowest BCUT2D eigenvalue weighted by molar-refractivity contribution is 0.535. The fourth-order valence-electron chi connectivity index (χ4n) is 2.04. The number of nitrogens with zero attached hydrogens (tertiary/aromatic N) is 1. The second-order valence-corrected chi connectivity index (χ2v) is 4.06. The Morgan fingerprint density at radius 1 is 1.00 bits per heavy atom. The van der Waals surface area contributed by atoms with Crippen molar-refractivity contribution in [3.63, 3.8) is 0 Å². The molecule has 0 aliphatic heterocycles. The molecule has 0 N–H and O–H groups in total. The molecule has 0 bridgehead atoms. The van der Waals surface area contributed by atoms with Crippen LogP contribution in [-0.2, 0) is 0 Å². The summed E-state index contributed by atoms with van der Waals surface area (Å²) in [6, 6.07) is 10.6. The number of para-hydroxylation sites is 1. The van der Waals surface area contributed by atoms with Gasteiger partial charge < -0.3 is 13.3 Å². The number of benzene rings is 1. The molecule has 0 atom stereocenters. The van der Waals surface area contributed by atoms with Gasteiger partial charge in [-0.05, 0) is 24.3 Å². The van der Waals surface area contributed by atoms with Gasteiger partial charge in [0.05, 0.1) is 11.6 Å². The van der Waals surface area contributed by atoms with E-state index in [1.54, 1.807) is 24.3 Å². The standard InChI is InChI=1S/C14H7NO4/c16-14-11-12(8-4-1-2-5-9(8)18-14)19-13(15-11)10-6-3-7-17-10/h1-7H. The Kier molecular flexibility index (Phi) is 1.91. The number of hydrogen-bond acceptors (Lipinski definition) is 5. The Hall–Kier alpha value is -2.82. The summed E-state index contributed by atoms with van der Waals surface area (Å²) in [6.45, 7) is 0. The Morgan fingerprint density at radius 2 is 1.89 bits per heavy atom. The monoisotopic (exact) mass is 253 g/mol. The Balaban J connectivity index is 2.16. The van der Waals surface area contributed by atoms with Gasteiger partial charge in [0.1, 0.15) is 5.58 Å². The molecule has 0 radical (unpaired) electrons. The SMILES string of the molecule is O=c1oc2ccccc2c2oc(-c3ccco3)nc12. The van der Waals surface area contributed by atoms with Gasteiger partial charge in [-0.3, -0.25) is 0 Å². The van der Waals surface area contributed by atoms with Gasteiger partial charge in [0.25, 0.3) is 5.89 Å².